The third-order valence-electron chi connectivity index (χ3n) is 2.10. The average Bonchev–Trinajstić information content (AvgIpc) is 2.26. The number of benzene rings is 1. The summed E-state index contributed by atoms with van der Waals surface area (Å²) < 4.78 is 58.7. The van der Waals surface area contributed by atoms with E-state index in [0.717, 1.165) is 0 Å². The Morgan fingerprint density at radius 3 is 2.50 bits per heavy atom. The number of esters is 1. The van der Waals surface area contributed by atoms with Crippen molar-refractivity contribution < 1.29 is 31.5 Å². The smallest absolute Gasteiger partial charge is 0.344 e. The second-order valence-corrected chi connectivity index (χ2v) is 6.78. The molecule has 0 unspecified atom stereocenters. The van der Waals surface area contributed by atoms with Crippen molar-refractivity contribution in [2.75, 3.05) is 20.3 Å². The highest BCUT2D eigenvalue weighted by atomic mass is 79.9. The third kappa shape index (κ3) is 3.87. The molecule has 0 atom stereocenters. The fourth-order valence-corrected chi connectivity index (χ4v) is 3.63. The van der Waals surface area contributed by atoms with Gasteiger partial charge in [-0.25, -0.2) is 22.0 Å². The number of hydrogen-bond acceptors (Lipinski definition) is 5. The van der Waals surface area contributed by atoms with E-state index in [2.05, 4.69) is 25.4 Å². The van der Waals surface area contributed by atoms with Gasteiger partial charge in [0.25, 0.3) is 9.05 Å². The quantitative estimate of drug-likeness (QED) is 0.437. The summed E-state index contributed by atoms with van der Waals surface area (Å²) in [7, 11) is 1.86. The van der Waals surface area contributed by atoms with Crippen LogP contribution < -0.4 is 0 Å². The molecule has 0 fully saturated rings. The van der Waals surface area contributed by atoms with Gasteiger partial charge in [-0.3, -0.25) is 0 Å². The van der Waals surface area contributed by atoms with E-state index in [1.54, 1.807) is 0 Å². The van der Waals surface area contributed by atoms with Gasteiger partial charge in [-0.15, -0.1) is 0 Å². The molecule has 5 nitrogen and oxygen atoms in total. The van der Waals surface area contributed by atoms with Crippen LogP contribution in [0.25, 0.3) is 0 Å². The predicted molar refractivity (Wildman–Crippen MR) is 69.3 cm³/mol. The molecule has 0 spiro atoms. The van der Waals surface area contributed by atoms with Crippen molar-refractivity contribution in [3.63, 3.8) is 0 Å². The second-order valence-electron chi connectivity index (χ2n) is 3.42. The molecule has 1 rings (SSSR count). The van der Waals surface area contributed by atoms with Gasteiger partial charge in [-0.2, -0.15) is 0 Å². The minimum atomic E-state index is -4.51. The number of hydrogen-bond donors (Lipinski definition) is 0. The van der Waals surface area contributed by atoms with Crippen molar-refractivity contribution in [2.45, 2.75) is 4.90 Å². The Kier molecular flexibility index (Phi) is 5.87. The van der Waals surface area contributed by atoms with E-state index < -0.39 is 41.6 Å². The lowest BCUT2D eigenvalue weighted by atomic mass is 10.2. The van der Waals surface area contributed by atoms with E-state index in [0.29, 0.717) is 6.07 Å². The molecule has 112 valence electrons. The molecule has 0 aliphatic heterocycles. The monoisotopic (exact) mass is 392 g/mol. The van der Waals surface area contributed by atoms with Gasteiger partial charge in [0.1, 0.15) is 22.9 Å². The first-order valence-electron chi connectivity index (χ1n) is 4.98. The van der Waals surface area contributed by atoms with Gasteiger partial charge >= 0.3 is 5.97 Å². The first-order valence-corrected chi connectivity index (χ1v) is 8.08. The highest BCUT2D eigenvalue weighted by Crippen LogP contribution is 2.32. The third-order valence-corrected chi connectivity index (χ3v) is 4.33. The van der Waals surface area contributed by atoms with Gasteiger partial charge < -0.3 is 9.47 Å². The molecule has 10 heteroatoms. The SMILES string of the molecule is COCCOC(=O)c1c(F)cc(Br)c(S(=O)(=O)Cl)c1F. The van der Waals surface area contributed by atoms with Crippen LogP contribution in [0, 0.1) is 11.6 Å². The van der Waals surface area contributed by atoms with Crippen LogP contribution in [-0.4, -0.2) is 34.7 Å². The van der Waals surface area contributed by atoms with E-state index in [4.69, 9.17) is 10.7 Å². The average molecular weight is 394 g/mol. The molecule has 0 amide bonds. The zero-order valence-electron chi connectivity index (χ0n) is 9.95. The van der Waals surface area contributed by atoms with Crippen molar-refractivity contribution in [3.8, 4) is 0 Å². The summed E-state index contributed by atoms with van der Waals surface area (Å²) >= 11 is 2.67. The minimum Gasteiger partial charge on any atom is -0.459 e. The topological polar surface area (TPSA) is 69.7 Å². The number of ether oxygens (including phenoxy) is 2. The maximum Gasteiger partial charge on any atom is 0.344 e. The largest absolute Gasteiger partial charge is 0.459 e. The molecule has 0 radical (unpaired) electrons. The maximum absolute atomic E-state index is 14.0. The van der Waals surface area contributed by atoms with Crippen LogP contribution in [0.2, 0.25) is 0 Å². The van der Waals surface area contributed by atoms with Gasteiger partial charge in [0.15, 0.2) is 5.82 Å². The van der Waals surface area contributed by atoms with E-state index in [9.17, 15) is 22.0 Å². The first kappa shape index (κ1) is 17.3. The lowest BCUT2D eigenvalue weighted by Gasteiger charge is -2.09. The summed E-state index contributed by atoms with van der Waals surface area (Å²) in [6.07, 6.45) is 0. The molecule has 0 bridgehead atoms. The minimum absolute atomic E-state index is 0.0200. The lowest BCUT2D eigenvalue weighted by Crippen LogP contribution is -2.15. The fraction of sp³-hybridized carbons (Fsp3) is 0.300. The molecule has 1 aromatic carbocycles. The summed E-state index contributed by atoms with van der Waals surface area (Å²) in [4.78, 5) is 10.5. The van der Waals surface area contributed by atoms with E-state index in [-0.39, 0.29) is 13.2 Å². The van der Waals surface area contributed by atoms with Gasteiger partial charge in [0.05, 0.1) is 6.61 Å². The van der Waals surface area contributed by atoms with Gasteiger partial charge in [0.2, 0.25) is 0 Å². The zero-order chi connectivity index (χ0) is 15.5. The highest BCUT2D eigenvalue weighted by Gasteiger charge is 2.29. The molecule has 0 N–H and O–H groups in total. The Morgan fingerprint density at radius 2 is 2.00 bits per heavy atom. The molecule has 0 aromatic heterocycles. The number of carbonyl (C=O) groups is 1. The molecule has 0 saturated carbocycles. The second kappa shape index (κ2) is 6.79. The zero-order valence-corrected chi connectivity index (χ0v) is 13.1. The van der Waals surface area contributed by atoms with Crippen molar-refractivity contribution >= 4 is 41.6 Å². The van der Waals surface area contributed by atoms with Gasteiger partial charge in [-0.05, 0) is 22.0 Å². The van der Waals surface area contributed by atoms with Crippen molar-refractivity contribution in [3.05, 3.63) is 27.7 Å². The Balaban J connectivity index is 3.31. The Morgan fingerprint density at radius 1 is 1.40 bits per heavy atom. The molecule has 0 saturated heterocycles. The van der Waals surface area contributed by atoms with E-state index in [1.165, 1.54) is 7.11 Å². The Bertz CT molecular complexity index is 635. The van der Waals surface area contributed by atoms with Crippen LogP contribution in [-0.2, 0) is 18.5 Å². The van der Waals surface area contributed by atoms with Crippen LogP contribution >= 0.6 is 26.6 Å². The predicted octanol–water partition coefficient (Wildman–Crippen LogP) is 2.46. The summed E-state index contributed by atoms with van der Waals surface area (Å²) in [5.41, 5.74) is -1.14. The molecular weight excluding hydrogens is 386 g/mol. The normalized spacial score (nSPS) is 11.4. The van der Waals surface area contributed by atoms with E-state index >= 15 is 0 Å². The first-order chi connectivity index (χ1) is 9.20. The molecule has 20 heavy (non-hydrogen) atoms. The van der Waals surface area contributed by atoms with E-state index in [1.807, 2.05) is 0 Å². The highest BCUT2D eigenvalue weighted by molar-refractivity contribution is 9.10. The molecule has 0 aliphatic rings. The van der Waals surface area contributed by atoms with Crippen LogP contribution in [0.1, 0.15) is 10.4 Å². The van der Waals surface area contributed by atoms with Crippen molar-refractivity contribution in [1.82, 2.24) is 0 Å². The molecular formula is C10H8BrClF2O5S. The van der Waals surface area contributed by atoms with Crippen molar-refractivity contribution in [1.29, 1.82) is 0 Å². The summed E-state index contributed by atoms with van der Waals surface area (Å²) in [6.45, 7) is -0.223. The standard InChI is InChI=1S/C10H8BrClF2O5S/c1-18-2-3-19-10(15)7-6(13)4-5(11)9(8(7)14)20(12,16)17/h4H,2-3H2,1H3. The number of carbonyl (C=O) groups excluding carboxylic acids is 1. The summed E-state index contributed by atoms with van der Waals surface area (Å²) in [5.74, 6) is -4.25. The lowest BCUT2D eigenvalue weighted by molar-refractivity contribution is 0.0377. The van der Waals surface area contributed by atoms with Crippen molar-refractivity contribution in [2.24, 2.45) is 0 Å². The summed E-state index contributed by atoms with van der Waals surface area (Å²) in [6, 6.07) is 0.616. The van der Waals surface area contributed by atoms with Gasteiger partial charge in [0, 0.05) is 22.3 Å². The Hall–Kier alpha value is -0.770. The molecule has 0 aliphatic carbocycles. The Labute approximate surface area is 126 Å². The fourth-order valence-electron chi connectivity index (χ4n) is 1.27. The van der Waals surface area contributed by atoms with Crippen LogP contribution in [0.15, 0.2) is 15.4 Å². The van der Waals surface area contributed by atoms with Crippen LogP contribution in [0.4, 0.5) is 8.78 Å². The number of halogens is 4. The summed E-state index contributed by atoms with van der Waals surface area (Å²) in [5, 5.41) is 0. The number of methoxy groups -OCH3 is 1. The van der Waals surface area contributed by atoms with Gasteiger partial charge in [-0.1, -0.05) is 0 Å². The maximum atomic E-state index is 14.0. The molecule has 1 aromatic rings. The molecule has 0 heterocycles. The number of rotatable bonds is 5. The van der Waals surface area contributed by atoms with Crippen LogP contribution in [0.5, 0.6) is 0 Å². The van der Waals surface area contributed by atoms with Crippen LogP contribution in [0.3, 0.4) is 0 Å².